The zero-order chi connectivity index (χ0) is 11.6. The normalized spacial score (nSPS) is 15.1. The summed E-state index contributed by atoms with van der Waals surface area (Å²) in [4.78, 5) is 11.4. The molecule has 0 aliphatic carbocycles. The van der Waals surface area contributed by atoms with Crippen molar-refractivity contribution in [2.45, 2.75) is 58.2 Å². The van der Waals surface area contributed by atoms with Gasteiger partial charge in [-0.2, -0.15) is 0 Å². The summed E-state index contributed by atoms with van der Waals surface area (Å²) in [5.74, 6) is -0.132. The van der Waals surface area contributed by atoms with Crippen molar-refractivity contribution in [3.8, 4) is 0 Å². The van der Waals surface area contributed by atoms with E-state index in [1.165, 1.54) is 0 Å². The van der Waals surface area contributed by atoms with Gasteiger partial charge in [0.05, 0.1) is 11.1 Å². The number of rotatable bonds is 4. The van der Waals surface area contributed by atoms with Crippen LogP contribution in [0.1, 0.15) is 41.0 Å². The highest BCUT2D eigenvalue weighted by Gasteiger charge is 2.36. The molecule has 0 aromatic heterocycles. The highest BCUT2D eigenvalue weighted by molar-refractivity contribution is 5.77. The van der Waals surface area contributed by atoms with E-state index in [2.05, 4.69) is 5.32 Å². The molecule has 1 amide bonds. The summed E-state index contributed by atoms with van der Waals surface area (Å²) in [6.45, 7) is 8.67. The molecular weight excluding hydrogens is 180 g/mol. The third-order valence-corrected chi connectivity index (χ3v) is 2.49. The smallest absolute Gasteiger partial charge is 0.222 e. The summed E-state index contributed by atoms with van der Waals surface area (Å²) < 4.78 is 0. The predicted molar refractivity (Wildman–Crippen MR) is 56.8 cm³/mol. The quantitative estimate of drug-likeness (QED) is 0.617. The lowest BCUT2D eigenvalue weighted by Gasteiger charge is -2.38. The van der Waals surface area contributed by atoms with E-state index in [1.807, 2.05) is 0 Å². The average Bonchev–Trinajstić information content (AvgIpc) is 1.79. The molecule has 0 heterocycles. The van der Waals surface area contributed by atoms with Crippen LogP contribution in [0.3, 0.4) is 0 Å². The second kappa shape index (κ2) is 4.28. The van der Waals surface area contributed by atoms with Gasteiger partial charge in [0.1, 0.15) is 0 Å². The van der Waals surface area contributed by atoms with Crippen LogP contribution in [0, 0.1) is 0 Å². The van der Waals surface area contributed by atoms with E-state index in [0.717, 1.165) is 0 Å². The Hall–Kier alpha value is -0.610. The first-order valence-corrected chi connectivity index (χ1v) is 4.85. The van der Waals surface area contributed by atoms with Crippen molar-refractivity contribution in [3.05, 3.63) is 0 Å². The largest absolute Gasteiger partial charge is 0.388 e. The fourth-order valence-corrected chi connectivity index (χ4v) is 0.845. The van der Waals surface area contributed by atoms with Crippen LogP contribution in [0.25, 0.3) is 0 Å². The Morgan fingerprint density at radius 1 is 1.43 bits per heavy atom. The zero-order valence-corrected chi connectivity index (χ0v) is 9.72. The number of amides is 1. The molecule has 0 aromatic carbocycles. The third kappa shape index (κ3) is 4.07. The summed E-state index contributed by atoms with van der Waals surface area (Å²) in [5.41, 5.74) is 3.89. The van der Waals surface area contributed by atoms with Crippen LogP contribution in [-0.4, -0.2) is 28.2 Å². The van der Waals surface area contributed by atoms with Crippen LogP contribution < -0.4 is 11.1 Å². The molecular formula is C10H22N2O2. The molecule has 0 aromatic rings. The van der Waals surface area contributed by atoms with Gasteiger partial charge in [0.15, 0.2) is 0 Å². The molecule has 0 aliphatic rings. The lowest BCUT2D eigenvalue weighted by molar-refractivity contribution is -0.126. The maximum absolute atomic E-state index is 11.4. The SMILES string of the molecule is CC(N)CC(=O)NC(C)(C)C(C)(C)O. The highest BCUT2D eigenvalue weighted by atomic mass is 16.3. The number of nitrogens with one attached hydrogen (secondary N) is 1. The zero-order valence-electron chi connectivity index (χ0n) is 9.72. The van der Waals surface area contributed by atoms with Crippen LogP contribution in [0.5, 0.6) is 0 Å². The molecule has 0 spiro atoms. The molecule has 4 nitrogen and oxygen atoms in total. The molecule has 4 heteroatoms. The van der Waals surface area contributed by atoms with E-state index < -0.39 is 11.1 Å². The molecule has 0 radical (unpaired) electrons. The number of hydrogen-bond donors (Lipinski definition) is 3. The van der Waals surface area contributed by atoms with E-state index in [-0.39, 0.29) is 18.4 Å². The Morgan fingerprint density at radius 2 is 1.86 bits per heavy atom. The molecule has 14 heavy (non-hydrogen) atoms. The van der Waals surface area contributed by atoms with Crippen LogP contribution in [0.15, 0.2) is 0 Å². The van der Waals surface area contributed by atoms with Gasteiger partial charge in [-0.25, -0.2) is 0 Å². The Morgan fingerprint density at radius 3 is 2.14 bits per heavy atom. The van der Waals surface area contributed by atoms with Crippen molar-refractivity contribution in [1.82, 2.24) is 5.32 Å². The van der Waals surface area contributed by atoms with Crippen molar-refractivity contribution in [2.24, 2.45) is 5.73 Å². The van der Waals surface area contributed by atoms with Crippen molar-refractivity contribution in [1.29, 1.82) is 0 Å². The summed E-state index contributed by atoms with van der Waals surface area (Å²) in [6.07, 6.45) is 0.277. The Balaban J connectivity index is 4.30. The minimum atomic E-state index is -0.958. The van der Waals surface area contributed by atoms with Gasteiger partial charge < -0.3 is 16.2 Å². The van der Waals surface area contributed by atoms with E-state index >= 15 is 0 Å². The van der Waals surface area contributed by atoms with Crippen molar-refractivity contribution in [2.75, 3.05) is 0 Å². The second-order valence-corrected chi connectivity index (χ2v) is 4.91. The maximum Gasteiger partial charge on any atom is 0.222 e. The second-order valence-electron chi connectivity index (χ2n) is 4.91. The van der Waals surface area contributed by atoms with Crippen molar-refractivity contribution >= 4 is 5.91 Å². The number of hydrogen-bond acceptors (Lipinski definition) is 3. The topological polar surface area (TPSA) is 75.4 Å². The molecule has 0 bridgehead atoms. The van der Waals surface area contributed by atoms with Gasteiger partial charge in [0, 0.05) is 12.5 Å². The average molecular weight is 202 g/mol. The van der Waals surface area contributed by atoms with Crippen LogP contribution in [0.4, 0.5) is 0 Å². The van der Waals surface area contributed by atoms with E-state index in [4.69, 9.17) is 5.73 Å². The van der Waals surface area contributed by atoms with Crippen molar-refractivity contribution in [3.63, 3.8) is 0 Å². The van der Waals surface area contributed by atoms with Gasteiger partial charge in [-0.15, -0.1) is 0 Å². The third-order valence-electron chi connectivity index (χ3n) is 2.49. The molecule has 1 unspecified atom stereocenters. The molecule has 0 fully saturated rings. The maximum atomic E-state index is 11.4. The molecule has 0 saturated heterocycles. The predicted octanol–water partition coefficient (Wildman–Crippen LogP) is 0.389. The fourth-order valence-electron chi connectivity index (χ4n) is 0.845. The van der Waals surface area contributed by atoms with E-state index in [0.29, 0.717) is 0 Å². The first kappa shape index (κ1) is 13.4. The molecule has 1 atom stereocenters. The fraction of sp³-hybridized carbons (Fsp3) is 0.900. The highest BCUT2D eigenvalue weighted by Crippen LogP contribution is 2.20. The Labute approximate surface area is 85.9 Å². The molecule has 4 N–H and O–H groups in total. The minimum Gasteiger partial charge on any atom is -0.388 e. The summed E-state index contributed by atoms with van der Waals surface area (Å²) >= 11 is 0. The number of carbonyl (C=O) groups is 1. The van der Waals surface area contributed by atoms with E-state index in [1.54, 1.807) is 34.6 Å². The first-order valence-electron chi connectivity index (χ1n) is 4.85. The minimum absolute atomic E-state index is 0.132. The van der Waals surface area contributed by atoms with Crippen molar-refractivity contribution < 1.29 is 9.90 Å². The van der Waals surface area contributed by atoms with Crippen LogP contribution >= 0.6 is 0 Å². The van der Waals surface area contributed by atoms with Gasteiger partial charge in [-0.3, -0.25) is 4.79 Å². The van der Waals surface area contributed by atoms with Gasteiger partial charge in [-0.05, 0) is 34.6 Å². The Kier molecular flexibility index (Phi) is 4.09. The monoisotopic (exact) mass is 202 g/mol. The molecule has 0 saturated carbocycles. The van der Waals surface area contributed by atoms with Crippen LogP contribution in [0.2, 0.25) is 0 Å². The lowest BCUT2D eigenvalue weighted by atomic mass is 9.86. The van der Waals surface area contributed by atoms with Gasteiger partial charge >= 0.3 is 0 Å². The number of aliphatic hydroxyl groups is 1. The van der Waals surface area contributed by atoms with E-state index in [9.17, 15) is 9.90 Å². The number of nitrogens with two attached hydrogens (primary N) is 1. The first-order chi connectivity index (χ1) is 6.06. The molecule has 84 valence electrons. The van der Waals surface area contributed by atoms with Gasteiger partial charge in [0.2, 0.25) is 5.91 Å². The number of carbonyl (C=O) groups excluding carboxylic acids is 1. The lowest BCUT2D eigenvalue weighted by Crippen LogP contribution is -2.58. The standard InChI is InChI=1S/C10H22N2O2/c1-7(11)6-8(13)12-9(2,3)10(4,5)14/h7,14H,6,11H2,1-5H3,(H,12,13). The summed E-state index contributed by atoms with van der Waals surface area (Å²) in [5, 5.41) is 12.5. The van der Waals surface area contributed by atoms with Gasteiger partial charge in [0.25, 0.3) is 0 Å². The van der Waals surface area contributed by atoms with Gasteiger partial charge in [-0.1, -0.05) is 0 Å². The Bertz CT molecular complexity index is 205. The molecule has 0 rings (SSSR count). The van der Waals surface area contributed by atoms with Crippen LogP contribution in [-0.2, 0) is 4.79 Å². The summed E-state index contributed by atoms with van der Waals surface area (Å²) in [7, 11) is 0. The summed E-state index contributed by atoms with van der Waals surface area (Å²) in [6, 6.07) is -0.160. The molecule has 0 aliphatic heterocycles.